The molecule has 5 rings (SSSR count). The second-order valence-electron chi connectivity index (χ2n) is 7.63. The number of rotatable bonds is 3. The SMILES string of the molecule is COc1cc(C2=C(C)N(c3ccccc3C(F)(F)F)Cc3ccccc32)cc2c1OCO2. The van der Waals surface area contributed by atoms with Crippen molar-refractivity contribution in [3.63, 3.8) is 0 Å². The third-order valence-electron chi connectivity index (χ3n) is 5.83. The maximum Gasteiger partial charge on any atom is 0.418 e. The quantitative estimate of drug-likeness (QED) is 0.483. The van der Waals surface area contributed by atoms with Gasteiger partial charge in [0.1, 0.15) is 0 Å². The van der Waals surface area contributed by atoms with Crippen molar-refractivity contribution in [1.82, 2.24) is 0 Å². The molecule has 0 spiro atoms. The van der Waals surface area contributed by atoms with Gasteiger partial charge in [-0.15, -0.1) is 0 Å². The van der Waals surface area contributed by atoms with Crippen LogP contribution in [-0.2, 0) is 12.7 Å². The summed E-state index contributed by atoms with van der Waals surface area (Å²) in [6.07, 6.45) is -4.46. The summed E-state index contributed by atoms with van der Waals surface area (Å²) in [5.74, 6) is 1.59. The van der Waals surface area contributed by atoms with Crippen molar-refractivity contribution in [2.45, 2.75) is 19.6 Å². The minimum atomic E-state index is -4.46. The van der Waals surface area contributed by atoms with Crippen LogP contribution in [0, 0.1) is 0 Å². The average Bonchev–Trinajstić information content (AvgIpc) is 3.26. The highest BCUT2D eigenvalue weighted by molar-refractivity contribution is 5.89. The molecule has 0 bridgehead atoms. The molecule has 164 valence electrons. The molecule has 0 N–H and O–H groups in total. The van der Waals surface area contributed by atoms with Crippen molar-refractivity contribution >= 4 is 11.3 Å². The first-order valence-electron chi connectivity index (χ1n) is 10.1. The summed E-state index contributed by atoms with van der Waals surface area (Å²) >= 11 is 0. The van der Waals surface area contributed by atoms with Crippen molar-refractivity contribution in [2.24, 2.45) is 0 Å². The lowest BCUT2D eigenvalue weighted by molar-refractivity contribution is -0.137. The molecule has 0 fully saturated rings. The lowest BCUT2D eigenvalue weighted by Crippen LogP contribution is -2.28. The van der Waals surface area contributed by atoms with Gasteiger partial charge in [-0.05, 0) is 47.9 Å². The summed E-state index contributed by atoms with van der Waals surface area (Å²) in [5.41, 5.74) is 3.67. The van der Waals surface area contributed by atoms with Crippen LogP contribution in [0.25, 0.3) is 5.57 Å². The van der Waals surface area contributed by atoms with Crippen LogP contribution in [0.5, 0.6) is 17.2 Å². The Morgan fingerprint density at radius 2 is 1.72 bits per heavy atom. The number of hydrogen-bond acceptors (Lipinski definition) is 4. The summed E-state index contributed by atoms with van der Waals surface area (Å²) < 4.78 is 58.0. The number of hydrogen-bond donors (Lipinski definition) is 0. The molecule has 32 heavy (non-hydrogen) atoms. The van der Waals surface area contributed by atoms with Crippen LogP contribution in [-0.4, -0.2) is 13.9 Å². The van der Waals surface area contributed by atoms with Crippen LogP contribution in [0.1, 0.15) is 29.2 Å². The molecule has 0 aliphatic carbocycles. The normalized spacial score (nSPS) is 15.1. The maximum absolute atomic E-state index is 13.8. The lowest BCUT2D eigenvalue weighted by Gasteiger charge is -2.35. The molecule has 0 atom stereocenters. The second-order valence-corrected chi connectivity index (χ2v) is 7.63. The average molecular weight is 439 g/mol. The number of ether oxygens (including phenoxy) is 3. The van der Waals surface area contributed by atoms with Crippen molar-refractivity contribution in [1.29, 1.82) is 0 Å². The van der Waals surface area contributed by atoms with Gasteiger partial charge in [-0.1, -0.05) is 36.4 Å². The van der Waals surface area contributed by atoms with E-state index in [-0.39, 0.29) is 12.5 Å². The highest BCUT2D eigenvalue weighted by atomic mass is 19.4. The fourth-order valence-electron chi connectivity index (χ4n) is 4.37. The van der Waals surface area contributed by atoms with Crippen LogP contribution in [0.4, 0.5) is 18.9 Å². The van der Waals surface area contributed by atoms with Gasteiger partial charge in [0.25, 0.3) is 0 Å². The van der Waals surface area contributed by atoms with Crippen molar-refractivity contribution in [3.8, 4) is 17.2 Å². The summed E-state index contributed by atoms with van der Waals surface area (Å²) in [4.78, 5) is 1.72. The van der Waals surface area contributed by atoms with E-state index < -0.39 is 11.7 Å². The first-order valence-corrected chi connectivity index (χ1v) is 10.1. The standard InChI is InChI=1S/C25H20F3NO3/c1-15-23(17-11-21(30-2)24-22(12-17)31-14-32-24)18-8-4-3-7-16(18)13-29(15)20-10-6-5-9-19(20)25(26,27)28/h3-12H,13-14H2,1-2H3. The van der Waals surface area contributed by atoms with Gasteiger partial charge < -0.3 is 19.1 Å². The molecule has 4 nitrogen and oxygen atoms in total. The Morgan fingerprint density at radius 3 is 2.50 bits per heavy atom. The number of halogens is 3. The molecule has 3 aromatic rings. The van der Waals surface area contributed by atoms with Crippen LogP contribution >= 0.6 is 0 Å². The van der Waals surface area contributed by atoms with E-state index in [1.165, 1.54) is 12.1 Å². The van der Waals surface area contributed by atoms with Gasteiger partial charge in [-0.3, -0.25) is 0 Å². The molecule has 3 aromatic carbocycles. The first kappa shape index (κ1) is 20.3. The number of allylic oxidation sites excluding steroid dienone is 1. The monoisotopic (exact) mass is 439 g/mol. The molecule has 7 heteroatoms. The molecular weight excluding hydrogens is 419 g/mol. The highest BCUT2D eigenvalue weighted by Crippen LogP contribution is 2.47. The van der Waals surface area contributed by atoms with Crippen molar-refractivity contribution < 1.29 is 27.4 Å². The summed E-state index contributed by atoms with van der Waals surface area (Å²) in [6.45, 7) is 2.27. The van der Waals surface area contributed by atoms with E-state index >= 15 is 0 Å². The second kappa shape index (κ2) is 7.51. The Bertz CT molecular complexity index is 1230. The van der Waals surface area contributed by atoms with Gasteiger partial charge in [-0.25, -0.2) is 0 Å². The molecule has 0 amide bonds. The van der Waals surface area contributed by atoms with E-state index in [0.717, 1.165) is 28.3 Å². The number of alkyl halides is 3. The third kappa shape index (κ3) is 3.25. The Hall–Kier alpha value is -3.61. The zero-order valence-electron chi connectivity index (χ0n) is 17.5. The Kier molecular flexibility index (Phi) is 4.77. The Morgan fingerprint density at radius 1 is 0.969 bits per heavy atom. The fraction of sp³-hybridized carbons (Fsp3) is 0.200. The van der Waals surface area contributed by atoms with Gasteiger partial charge in [0.15, 0.2) is 11.5 Å². The predicted octanol–water partition coefficient (Wildman–Crippen LogP) is 6.24. The van der Waals surface area contributed by atoms with Crippen LogP contribution < -0.4 is 19.1 Å². The van der Waals surface area contributed by atoms with Gasteiger partial charge >= 0.3 is 6.18 Å². The van der Waals surface area contributed by atoms with Crippen LogP contribution in [0.2, 0.25) is 0 Å². The minimum Gasteiger partial charge on any atom is -0.493 e. The van der Waals surface area contributed by atoms with Gasteiger partial charge in [0.2, 0.25) is 12.5 Å². The van der Waals surface area contributed by atoms with E-state index in [2.05, 4.69) is 0 Å². The highest BCUT2D eigenvalue weighted by Gasteiger charge is 2.36. The number of para-hydroxylation sites is 1. The fourth-order valence-corrected chi connectivity index (χ4v) is 4.37. The summed E-state index contributed by atoms with van der Waals surface area (Å²) in [6, 6.07) is 17.1. The smallest absolute Gasteiger partial charge is 0.418 e. The maximum atomic E-state index is 13.8. The molecule has 0 radical (unpaired) electrons. The van der Waals surface area contributed by atoms with Crippen LogP contribution in [0.3, 0.4) is 0 Å². The third-order valence-corrected chi connectivity index (χ3v) is 5.83. The molecule has 2 aliphatic rings. The molecule has 0 saturated carbocycles. The zero-order valence-corrected chi connectivity index (χ0v) is 17.5. The largest absolute Gasteiger partial charge is 0.493 e. The zero-order chi connectivity index (χ0) is 22.5. The number of benzene rings is 3. The number of methoxy groups -OCH3 is 1. The molecule has 2 heterocycles. The predicted molar refractivity (Wildman–Crippen MR) is 115 cm³/mol. The van der Waals surface area contributed by atoms with Crippen molar-refractivity contribution in [2.75, 3.05) is 18.8 Å². The van der Waals surface area contributed by atoms with E-state index in [9.17, 15) is 13.2 Å². The Balaban J connectivity index is 1.74. The summed E-state index contributed by atoms with van der Waals surface area (Å²) in [5, 5.41) is 0. The lowest BCUT2D eigenvalue weighted by atomic mass is 9.88. The molecule has 0 saturated heterocycles. The van der Waals surface area contributed by atoms with E-state index in [1.54, 1.807) is 18.1 Å². The van der Waals surface area contributed by atoms with E-state index in [1.807, 2.05) is 43.3 Å². The van der Waals surface area contributed by atoms with E-state index in [0.29, 0.717) is 29.5 Å². The minimum absolute atomic E-state index is 0.0921. The van der Waals surface area contributed by atoms with Gasteiger partial charge in [0.05, 0.1) is 18.4 Å². The molecule has 2 aliphatic heterocycles. The van der Waals surface area contributed by atoms with Crippen molar-refractivity contribution in [3.05, 3.63) is 88.6 Å². The Labute approximate surface area is 183 Å². The molecular formula is C25H20F3NO3. The van der Waals surface area contributed by atoms with E-state index in [4.69, 9.17) is 14.2 Å². The molecule has 0 aromatic heterocycles. The number of anilines is 1. The number of nitrogens with zero attached hydrogens (tertiary/aromatic N) is 1. The topological polar surface area (TPSA) is 30.9 Å². The number of fused-ring (bicyclic) bond motifs is 2. The summed E-state index contributed by atoms with van der Waals surface area (Å²) in [7, 11) is 1.54. The van der Waals surface area contributed by atoms with Crippen LogP contribution in [0.15, 0.2) is 66.4 Å². The van der Waals surface area contributed by atoms with Gasteiger partial charge in [0, 0.05) is 17.8 Å². The first-order chi connectivity index (χ1) is 15.4. The molecule has 0 unspecified atom stereocenters. The van der Waals surface area contributed by atoms with Gasteiger partial charge in [-0.2, -0.15) is 13.2 Å².